The molecule has 3 aromatic rings. The Bertz CT molecular complexity index is 1100. The van der Waals surface area contributed by atoms with Crippen LogP contribution in [-0.4, -0.2) is 34.5 Å². The number of hydrogen-bond donors (Lipinski definition) is 2. The van der Waals surface area contributed by atoms with Crippen LogP contribution in [0.2, 0.25) is 0 Å². The third kappa shape index (κ3) is 3.19. The molecule has 8 heteroatoms. The van der Waals surface area contributed by atoms with E-state index in [4.69, 9.17) is 0 Å². The topological polar surface area (TPSA) is 117 Å². The van der Waals surface area contributed by atoms with E-state index in [0.717, 1.165) is 11.9 Å². The Morgan fingerprint density at radius 2 is 1.54 bits per heavy atom. The minimum absolute atomic E-state index is 0.0103. The number of carbonyl (C=O) groups is 2. The van der Waals surface area contributed by atoms with Crippen LogP contribution in [0.5, 0.6) is 0 Å². The van der Waals surface area contributed by atoms with Gasteiger partial charge in [-0.15, -0.1) is 0 Å². The largest absolute Gasteiger partial charge is 0.349 e. The molecule has 0 aliphatic heterocycles. The molecule has 1 aromatic heterocycles. The SMILES string of the molecule is Cc1ncc[nH]1.O=C1c2ccccc2C(=O)c2c1cccc2S(=O)(=O)O. The lowest BCUT2D eigenvalue weighted by molar-refractivity contribution is 0.0976. The van der Waals surface area contributed by atoms with Crippen molar-refractivity contribution in [2.24, 2.45) is 0 Å². The standard InChI is InChI=1S/C14H8O5S.C4H6N2/c15-13-8-4-1-2-5-9(8)14(16)12-10(13)6-3-7-11(12)20(17,18)19;1-4-5-2-3-6-4/h1-7H,(H,17,18,19);2-3H,1H3,(H,5,6). The number of H-pyrrole nitrogens is 1. The Labute approximate surface area is 149 Å². The Balaban J connectivity index is 0.000000278. The molecular formula is C18H14N2O5S. The molecule has 0 radical (unpaired) electrons. The number of carbonyl (C=O) groups excluding carboxylic acids is 2. The van der Waals surface area contributed by atoms with Gasteiger partial charge < -0.3 is 4.98 Å². The summed E-state index contributed by atoms with van der Waals surface area (Å²) >= 11 is 0. The molecule has 2 N–H and O–H groups in total. The average molecular weight is 370 g/mol. The molecular weight excluding hydrogens is 356 g/mol. The number of nitrogens with zero attached hydrogens (tertiary/aromatic N) is 1. The molecule has 132 valence electrons. The van der Waals surface area contributed by atoms with Crippen molar-refractivity contribution in [1.29, 1.82) is 0 Å². The molecule has 0 saturated carbocycles. The monoisotopic (exact) mass is 370 g/mol. The van der Waals surface area contributed by atoms with Crippen molar-refractivity contribution in [3.63, 3.8) is 0 Å². The van der Waals surface area contributed by atoms with Crippen LogP contribution in [0.15, 0.2) is 59.8 Å². The zero-order valence-corrected chi connectivity index (χ0v) is 14.4. The number of hydrogen-bond acceptors (Lipinski definition) is 5. The van der Waals surface area contributed by atoms with Crippen molar-refractivity contribution in [2.45, 2.75) is 11.8 Å². The fourth-order valence-corrected chi connectivity index (χ4v) is 3.38. The van der Waals surface area contributed by atoms with Crippen molar-refractivity contribution in [3.8, 4) is 0 Å². The van der Waals surface area contributed by atoms with E-state index in [0.29, 0.717) is 0 Å². The quantitative estimate of drug-likeness (QED) is 0.497. The molecule has 0 unspecified atom stereocenters. The summed E-state index contributed by atoms with van der Waals surface area (Å²) in [5.74, 6) is -0.0425. The number of imidazole rings is 1. The molecule has 0 saturated heterocycles. The van der Waals surface area contributed by atoms with Crippen LogP contribution >= 0.6 is 0 Å². The molecule has 26 heavy (non-hydrogen) atoms. The molecule has 0 spiro atoms. The van der Waals surface area contributed by atoms with Crippen molar-refractivity contribution >= 4 is 21.7 Å². The van der Waals surface area contributed by atoms with E-state index in [1.807, 2.05) is 6.92 Å². The number of fused-ring (bicyclic) bond motifs is 2. The van der Waals surface area contributed by atoms with Gasteiger partial charge >= 0.3 is 0 Å². The van der Waals surface area contributed by atoms with Gasteiger partial charge in [0.25, 0.3) is 10.1 Å². The lowest BCUT2D eigenvalue weighted by Crippen LogP contribution is -2.23. The Morgan fingerprint density at radius 3 is 2.04 bits per heavy atom. The van der Waals surface area contributed by atoms with Gasteiger partial charge in [-0.1, -0.05) is 36.4 Å². The van der Waals surface area contributed by atoms with Crippen LogP contribution < -0.4 is 0 Å². The summed E-state index contributed by atoms with van der Waals surface area (Å²) in [7, 11) is -4.58. The van der Waals surface area contributed by atoms with E-state index in [1.54, 1.807) is 24.5 Å². The maximum Gasteiger partial charge on any atom is 0.295 e. The number of aromatic nitrogens is 2. The highest BCUT2D eigenvalue weighted by Crippen LogP contribution is 2.31. The third-order valence-corrected chi connectivity index (χ3v) is 4.72. The Kier molecular flexibility index (Phi) is 4.54. The summed E-state index contributed by atoms with van der Waals surface area (Å²) in [6.07, 6.45) is 3.53. The van der Waals surface area contributed by atoms with E-state index in [-0.39, 0.29) is 22.3 Å². The van der Waals surface area contributed by atoms with Crippen LogP contribution in [0.3, 0.4) is 0 Å². The second-order valence-corrected chi connectivity index (χ2v) is 6.92. The summed E-state index contributed by atoms with van der Waals surface area (Å²) < 4.78 is 31.9. The van der Waals surface area contributed by atoms with Gasteiger partial charge in [-0.05, 0) is 13.0 Å². The maximum atomic E-state index is 12.4. The highest BCUT2D eigenvalue weighted by atomic mass is 32.2. The summed E-state index contributed by atoms with van der Waals surface area (Å²) in [6, 6.07) is 9.99. The number of nitrogens with one attached hydrogen (secondary N) is 1. The van der Waals surface area contributed by atoms with Crippen LogP contribution in [0, 0.1) is 6.92 Å². The highest BCUT2D eigenvalue weighted by molar-refractivity contribution is 7.86. The second kappa shape index (κ2) is 6.66. The molecule has 0 fully saturated rings. The molecule has 2 aromatic carbocycles. The van der Waals surface area contributed by atoms with Crippen molar-refractivity contribution in [1.82, 2.24) is 9.97 Å². The summed E-state index contributed by atoms with van der Waals surface area (Å²) in [6.45, 7) is 1.92. The van der Waals surface area contributed by atoms with Gasteiger partial charge in [-0.2, -0.15) is 8.42 Å². The fourth-order valence-electron chi connectivity index (χ4n) is 2.67. The molecule has 1 aliphatic carbocycles. The lowest BCUT2D eigenvalue weighted by Gasteiger charge is -2.18. The van der Waals surface area contributed by atoms with Gasteiger partial charge in [0.05, 0.1) is 5.56 Å². The normalized spacial score (nSPS) is 12.7. The van der Waals surface area contributed by atoms with Gasteiger partial charge in [-0.3, -0.25) is 14.1 Å². The van der Waals surface area contributed by atoms with Gasteiger partial charge in [0.15, 0.2) is 11.6 Å². The van der Waals surface area contributed by atoms with Crippen molar-refractivity contribution in [3.05, 3.63) is 82.9 Å². The molecule has 0 atom stereocenters. The molecule has 1 aliphatic rings. The van der Waals surface area contributed by atoms with Crippen molar-refractivity contribution in [2.75, 3.05) is 0 Å². The van der Waals surface area contributed by atoms with E-state index < -0.39 is 26.6 Å². The number of aryl methyl sites for hydroxylation is 1. The van der Waals surface area contributed by atoms with E-state index in [2.05, 4.69) is 9.97 Å². The number of benzene rings is 2. The van der Waals surface area contributed by atoms with Gasteiger partial charge in [0.1, 0.15) is 10.7 Å². The van der Waals surface area contributed by atoms with E-state index >= 15 is 0 Å². The van der Waals surface area contributed by atoms with E-state index in [9.17, 15) is 22.6 Å². The zero-order valence-electron chi connectivity index (χ0n) is 13.6. The first-order valence-electron chi connectivity index (χ1n) is 7.55. The Morgan fingerprint density at radius 1 is 0.923 bits per heavy atom. The Hall–Kier alpha value is -3.10. The van der Waals surface area contributed by atoms with Crippen LogP contribution in [0.25, 0.3) is 0 Å². The van der Waals surface area contributed by atoms with Crippen LogP contribution in [0.1, 0.15) is 37.7 Å². The highest BCUT2D eigenvalue weighted by Gasteiger charge is 2.33. The molecule has 4 rings (SSSR count). The van der Waals surface area contributed by atoms with Crippen molar-refractivity contribution < 1.29 is 22.6 Å². The lowest BCUT2D eigenvalue weighted by atomic mass is 9.84. The predicted octanol–water partition coefficient (Wildman–Crippen LogP) is 2.43. The molecule has 1 heterocycles. The summed E-state index contributed by atoms with van der Waals surface area (Å²) in [5.41, 5.74) is 0.0983. The van der Waals surface area contributed by atoms with Gasteiger partial charge in [0, 0.05) is 29.1 Å². The first-order valence-corrected chi connectivity index (χ1v) is 8.99. The molecule has 0 amide bonds. The fraction of sp³-hybridized carbons (Fsp3) is 0.0556. The van der Waals surface area contributed by atoms with E-state index in [1.165, 1.54) is 24.3 Å². The van der Waals surface area contributed by atoms with Crippen LogP contribution in [-0.2, 0) is 10.1 Å². The summed E-state index contributed by atoms with van der Waals surface area (Å²) in [4.78, 5) is 30.9. The predicted molar refractivity (Wildman–Crippen MR) is 92.9 cm³/mol. The zero-order chi connectivity index (χ0) is 18.9. The van der Waals surface area contributed by atoms with Crippen LogP contribution in [0.4, 0.5) is 0 Å². The number of ketones is 2. The van der Waals surface area contributed by atoms with Gasteiger partial charge in [-0.25, -0.2) is 4.98 Å². The third-order valence-electron chi connectivity index (χ3n) is 3.83. The number of rotatable bonds is 1. The maximum absolute atomic E-state index is 12.4. The average Bonchev–Trinajstić information content (AvgIpc) is 3.10. The smallest absolute Gasteiger partial charge is 0.295 e. The number of aromatic amines is 1. The first-order chi connectivity index (χ1) is 12.3. The summed E-state index contributed by atoms with van der Waals surface area (Å²) in [5, 5.41) is 0. The minimum atomic E-state index is -4.58. The molecule has 7 nitrogen and oxygen atoms in total. The minimum Gasteiger partial charge on any atom is -0.349 e. The molecule has 0 bridgehead atoms. The van der Waals surface area contributed by atoms with Gasteiger partial charge in [0.2, 0.25) is 0 Å². The second-order valence-electron chi connectivity index (χ2n) is 5.53. The first kappa shape index (κ1) is 17.7.